The van der Waals surface area contributed by atoms with Crippen LogP contribution in [0.25, 0.3) is 0 Å². The molecule has 0 heterocycles. The van der Waals surface area contributed by atoms with Crippen LogP contribution in [0.15, 0.2) is 42.5 Å². The van der Waals surface area contributed by atoms with Crippen LogP contribution in [0.3, 0.4) is 0 Å². The van der Waals surface area contributed by atoms with Gasteiger partial charge in [-0.1, -0.05) is 38.1 Å². The van der Waals surface area contributed by atoms with E-state index in [1.807, 2.05) is 24.3 Å². The molecule has 6 nitrogen and oxygen atoms in total. The highest BCUT2D eigenvalue weighted by molar-refractivity contribution is 5.83. The van der Waals surface area contributed by atoms with E-state index >= 15 is 0 Å². The molecule has 8 heteroatoms. The fourth-order valence-corrected chi connectivity index (χ4v) is 4.42. The monoisotopic (exact) mass is 474 g/mol. The van der Waals surface area contributed by atoms with Gasteiger partial charge in [-0.15, -0.1) is 0 Å². The minimum atomic E-state index is -1.23. The predicted molar refractivity (Wildman–Crippen MR) is 125 cm³/mol. The number of aliphatic hydroxyl groups excluding tert-OH is 1. The number of aliphatic hydroxyl groups is 1. The van der Waals surface area contributed by atoms with Crippen molar-refractivity contribution in [1.29, 1.82) is 0 Å². The number of carboxylic acid groups (broad SMARTS) is 1. The van der Waals surface area contributed by atoms with Gasteiger partial charge < -0.3 is 20.4 Å². The Morgan fingerprint density at radius 1 is 1.09 bits per heavy atom. The molecule has 1 amide bonds. The first-order valence-electron chi connectivity index (χ1n) is 11.6. The first-order chi connectivity index (χ1) is 16.2. The third-order valence-electron chi connectivity index (χ3n) is 6.39. The van der Waals surface area contributed by atoms with E-state index in [1.54, 1.807) is 0 Å². The summed E-state index contributed by atoms with van der Waals surface area (Å²) < 4.78 is 27.8. The molecule has 0 saturated heterocycles. The number of rotatable bonds is 8. The van der Waals surface area contributed by atoms with E-state index in [0.29, 0.717) is 31.6 Å². The minimum absolute atomic E-state index is 0.0761. The SMILES string of the molecule is CC(C)c1cccc(N[C@H]2CC[C@@H](C(=O)N(CC(=O)O)Cc3cccc(F)c3F)CC[C@@H]2O)c1. The number of carbonyl (C=O) groups excluding carboxylic acids is 1. The number of amides is 1. The van der Waals surface area contributed by atoms with Gasteiger partial charge in [0.15, 0.2) is 11.6 Å². The van der Waals surface area contributed by atoms with Crippen LogP contribution < -0.4 is 5.32 Å². The summed E-state index contributed by atoms with van der Waals surface area (Å²) in [6.07, 6.45) is 1.03. The highest BCUT2D eigenvalue weighted by Crippen LogP contribution is 2.29. The largest absolute Gasteiger partial charge is 0.480 e. The number of carbonyl (C=O) groups is 2. The molecule has 1 aliphatic carbocycles. The van der Waals surface area contributed by atoms with Crippen LogP contribution in [0.4, 0.5) is 14.5 Å². The van der Waals surface area contributed by atoms with Crippen molar-refractivity contribution in [3.8, 4) is 0 Å². The molecule has 0 radical (unpaired) electrons. The van der Waals surface area contributed by atoms with E-state index in [0.717, 1.165) is 16.7 Å². The van der Waals surface area contributed by atoms with Gasteiger partial charge in [0.25, 0.3) is 0 Å². The molecule has 34 heavy (non-hydrogen) atoms. The Morgan fingerprint density at radius 2 is 1.79 bits per heavy atom. The van der Waals surface area contributed by atoms with Crippen LogP contribution in [0.5, 0.6) is 0 Å². The number of nitrogens with zero attached hydrogens (tertiary/aromatic N) is 1. The van der Waals surface area contributed by atoms with E-state index < -0.39 is 42.1 Å². The maximum absolute atomic E-state index is 14.2. The second kappa shape index (κ2) is 11.4. The van der Waals surface area contributed by atoms with Gasteiger partial charge in [-0.3, -0.25) is 9.59 Å². The number of anilines is 1. The summed E-state index contributed by atoms with van der Waals surface area (Å²) in [6, 6.07) is 11.4. The summed E-state index contributed by atoms with van der Waals surface area (Å²) in [7, 11) is 0. The van der Waals surface area contributed by atoms with Crippen molar-refractivity contribution in [1.82, 2.24) is 4.90 Å². The van der Waals surface area contributed by atoms with Crippen LogP contribution in [0.2, 0.25) is 0 Å². The second-order valence-corrected chi connectivity index (χ2v) is 9.25. The molecular formula is C26H32F2N2O4. The second-order valence-electron chi connectivity index (χ2n) is 9.25. The van der Waals surface area contributed by atoms with Gasteiger partial charge in [0.05, 0.1) is 12.1 Å². The molecule has 1 fully saturated rings. The van der Waals surface area contributed by atoms with Crippen molar-refractivity contribution in [2.45, 2.75) is 64.1 Å². The molecule has 3 atom stereocenters. The van der Waals surface area contributed by atoms with Crippen LogP contribution in [0.1, 0.15) is 56.6 Å². The van der Waals surface area contributed by atoms with Crippen molar-refractivity contribution < 1.29 is 28.6 Å². The molecule has 0 unspecified atom stereocenters. The van der Waals surface area contributed by atoms with E-state index in [-0.39, 0.29) is 18.2 Å². The Kier molecular flexibility index (Phi) is 8.61. The molecular weight excluding hydrogens is 442 g/mol. The summed E-state index contributed by atoms with van der Waals surface area (Å²) in [5, 5.41) is 23.4. The zero-order chi connectivity index (χ0) is 24.8. The molecule has 0 aromatic heterocycles. The normalized spacial score (nSPS) is 20.6. The van der Waals surface area contributed by atoms with Crippen LogP contribution in [-0.4, -0.2) is 45.7 Å². The van der Waals surface area contributed by atoms with Gasteiger partial charge >= 0.3 is 5.97 Å². The average molecular weight is 475 g/mol. The molecule has 2 aromatic carbocycles. The minimum Gasteiger partial charge on any atom is -0.480 e. The molecule has 1 saturated carbocycles. The summed E-state index contributed by atoms with van der Waals surface area (Å²) in [5.41, 5.74) is 2.00. The van der Waals surface area contributed by atoms with Gasteiger partial charge in [-0.2, -0.15) is 0 Å². The molecule has 0 bridgehead atoms. The highest BCUT2D eigenvalue weighted by atomic mass is 19.2. The first-order valence-corrected chi connectivity index (χ1v) is 11.6. The van der Waals surface area contributed by atoms with Gasteiger partial charge in [0.1, 0.15) is 6.54 Å². The Bertz CT molecular complexity index is 1010. The third kappa shape index (κ3) is 6.53. The lowest BCUT2D eigenvalue weighted by Crippen LogP contribution is -2.39. The van der Waals surface area contributed by atoms with Crippen molar-refractivity contribution in [2.75, 3.05) is 11.9 Å². The van der Waals surface area contributed by atoms with Gasteiger partial charge in [-0.25, -0.2) is 8.78 Å². The van der Waals surface area contributed by atoms with Crippen LogP contribution >= 0.6 is 0 Å². The smallest absolute Gasteiger partial charge is 0.323 e. The number of aliphatic carboxylic acids is 1. The number of halogens is 2. The molecule has 0 spiro atoms. The van der Waals surface area contributed by atoms with E-state index in [4.69, 9.17) is 0 Å². The van der Waals surface area contributed by atoms with Crippen molar-refractivity contribution >= 4 is 17.6 Å². The molecule has 1 aliphatic rings. The van der Waals surface area contributed by atoms with Crippen molar-refractivity contribution in [3.05, 3.63) is 65.2 Å². The first kappa shape index (κ1) is 25.6. The topological polar surface area (TPSA) is 89.9 Å². The van der Waals surface area contributed by atoms with E-state index in [1.165, 1.54) is 17.7 Å². The summed E-state index contributed by atoms with van der Waals surface area (Å²) in [6.45, 7) is 3.26. The molecule has 3 N–H and O–H groups in total. The zero-order valence-corrected chi connectivity index (χ0v) is 19.5. The van der Waals surface area contributed by atoms with Gasteiger partial charge in [-0.05, 0) is 55.4 Å². The Morgan fingerprint density at radius 3 is 2.50 bits per heavy atom. The van der Waals surface area contributed by atoms with Crippen molar-refractivity contribution in [2.24, 2.45) is 5.92 Å². The number of hydrogen-bond acceptors (Lipinski definition) is 4. The Hall–Kier alpha value is -3.00. The van der Waals surface area contributed by atoms with Gasteiger partial charge in [0.2, 0.25) is 5.91 Å². The Balaban J connectivity index is 1.70. The Labute approximate surface area is 198 Å². The van der Waals surface area contributed by atoms with Crippen LogP contribution in [0, 0.1) is 17.6 Å². The highest BCUT2D eigenvalue weighted by Gasteiger charge is 2.32. The third-order valence-corrected chi connectivity index (χ3v) is 6.39. The molecule has 3 rings (SSSR count). The van der Waals surface area contributed by atoms with Gasteiger partial charge in [0, 0.05) is 23.7 Å². The van der Waals surface area contributed by atoms with E-state index in [9.17, 15) is 28.6 Å². The molecule has 0 aliphatic heterocycles. The summed E-state index contributed by atoms with van der Waals surface area (Å²) >= 11 is 0. The van der Waals surface area contributed by atoms with Crippen molar-refractivity contribution in [3.63, 3.8) is 0 Å². The number of hydrogen-bond donors (Lipinski definition) is 3. The number of carboxylic acids is 1. The molecule has 2 aromatic rings. The zero-order valence-electron chi connectivity index (χ0n) is 19.5. The predicted octanol–water partition coefficient (Wildman–Crippen LogP) is 4.53. The molecule has 184 valence electrons. The lowest BCUT2D eigenvalue weighted by molar-refractivity contribution is -0.147. The summed E-state index contributed by atoms with van der Waals surface area (Å²) in [5.74, 6) is -3.95. The fourth-order valence-electron chi connectivity index (χ4n) is 4.42. The maximum atomic E-state index is 14.2. The number of nitrogens with one attached hydrogen (secondary N) is 1. The lowest BCUT2D eigenvalue weighted by Gasteiger charge is -2.26. The quantitative estimate of drug-likeness (QED) is 0.489. The van der Waals surface area contributed by atoms with E-state index in [2.05, 4.69) is 19.2 Å². The standard InChI is InChI=1S/C26H32F2N2O4/c1-16(2)18-5-3-7-20(13-18)29-22-11-9-17(10-12-23(22)31)26(34)30(15-24(32)33)14-19-6-4-8-21(27)25(19)28/h3-8,13,16-17,22-23,29,31H,9-12,14-15H2,1-2H3,(H,32,33)/t17-,22+,23+/m1/s1. The summed E-state index contributed by atoms with van der Waals surface area (Å²) in [4.78, 5) is 25.7. The average Bonchev–Trinajstić information content (AvgIpc) is 2.97. The van der Waals surface area contributed by atoms with Crippen LogP contribution in [-0.2, 0) is 16.1 Å². The fraction of sp³-hybridized carbons (Fsp3) is 0.462. The lowest BCUT2D eigenvalue weighted by atomic mass is 9.98. The maximum Gasteiger partial charge on any atom is 0.323 e. The number of benzene rings is 2.